The first kappa shape index (κ1) is 21.4. The Hall–Kier alpha value is -4.11. The molecule has 1 aliphatic heterocycles. The molecule has 1 aromatic heterocycles. The molecule has 0 saturated heterocycles. The molecule has 6 rings (SSSR count). The summed E-state index contributed by atoms with van der Waals surface area (Å²) in [4.78, 5) is 2.32. The highest BCUT2D eigenvalue weighted by Crippen LogP contribution is 2.52. The fraction of sp³-hybridized carbons (Fsp3) is 0.156. The molecule has 1 aliphatic rings. The van der Waals surface area contributed by atoms with Gasteiger partial charge in [0.2, 0.25) is 5.58 Å². The van der Waals surface area contributed by atoms with E-state index in [1.165, 1.54) is 33.1 Å². The number of aromatic nitrogens is 1. The number of benzene rings is 4. The van der Waals surface area contributed by atoms with Crippen LogP contribution in [0.5, 0.6) is 0 Å². The summed E-state index contributed by atoms with van der Waals surface area (Å²) in [5, 5.41) is 4.90. The molecule has 3 nitrogen and oxygen atoms in total. The largest absolute Gasteiger partial charge is 0.397 e. The van der Waals surface area contributed by atoms with Gasteiger partial charge in [-0.05, 0) is 53.3 Å². The lowest BCUT2D eigenvalue weighted by atomic mass is 9.76. The van der Waals surface area contributed by atoms with Crippen LogP contribution in [0.3, 0.4) is 0 Å². The van der Waals surface area contributed by atoms with Gasteiger partial charge in [-0.15, -0.1) is 6.58 Å². The molecule has 5 aromatic rings. The van der Waals surface area contributed by atoms with Crippen molar-refractivity contribution in [3.63, 3.8) is 0 Å². The van der Waals surface area contributed by atoms with Crippen molar-refractivity contribution in [1.29, 1.82) is 0 Å². The smallest absolute Gasteiger partial charge is 0.373 e. The molecule has 2 heterocycles. The monoisotopic (exact) mass is 457 g/mol. The summed E-state index contributed by atoms with van der Waals surface area (Å²) in [5.74, 6) is 0.822. The van der Waals surface area contributed by atoms with Crippen LogP contribution in [0.15, 0.2) is 108 Å². The number of aryl methyl sites for hydroxylation is 1. The average Bonchev–Trinajstić information content (AvgIpc) is 3.31. The first-order chi connectivity index (χ1) is 17.0. The Balaban J connectivity index is 1.45. The number of nitrogens with zero attached hydrogens (tertiary/aromatic N) is 2. The van der Waals surface area contributed by atoms with Gasteiger partial charge in [-0.1, -0.05) is 66.7 Å². The quantitative estimate of drug-likeness (QED) is 0.206. The molecule has 0 saturated carbocycles. The normalized spacial score (nSPS) is 18.9. The molecule has 0 bridgehead atoms. The van der Waals surface area contributed by atoms with Crippen LogP contribution < -0.4 is 9.47 Å². The molecule has 0 fully saturated rings. The molecular formula is C32H29N2O+. The highest BCUT2D eigenvalue weighted by Gasteiger charge is 2.42. The van der Waals surface area contributed by atoms with E-state index < -0.39 is 0 Å². The third-order valence-corrected chi connectivity index (χ3v) is 7.55. The van der Waals surface area contributed by atoms with Crippen molar-refractivity contribution in [3.05, 3.63) is 115 Å². The van der Waals surface area contributed by atoms with Crippen molar-refractivity contribution in [2.24, 2.45) is 7.05 Å². The maximum atomic E-state index is 6.34. The molecule has 0 aliphatic carbocycles. The van der Waals surface area contributed by atoms with E-state index >= 15 is 0 Å². The minimum absolute atomic E-state index is 0.163. The van der Waals surface area contributed by atoms with E-state index in [1.807, 2.05) is 6.08 Å². The van der Waals surface area contributed by atoms with Gasteiger partial charge in [0.15, 0.2) is 0 Å². The van der Waals surface area contributed by atoms with E-state index in [0.717, 1.165) is 28.8 Å². The summed E-state index contributed by atoms with van der Waals surface area (Å²) in [7, 11) is 4.22. The van der Waals surface area contributed by atoms with E-state index in [1.54, 1.807) is 0 Å². The Morgan fingerprint density at radius 2 is 1.63 bits per heavy atom. The lowest BCUT2D eigenvalue weighted by molar-refractivity contribution is -0.652. The van der Waals surface area contributed by atoms with Crippen molar-refractivity contribution < 1.29 is 8.98 Å². The molecule has 1 unspecified atom stereocenters. The molecule has 0 radical (unpaired) electrons. The van der Waals surface area contributed by atoms with Gasteiger partial charge >= 0.3 is 5.89 Å². The van der Waals surface area contributed by atoms with Gasteiger partial charge in [0, 0.05) is 35.3 Å². The van der Waals surface area contributed by atoms with Crippen molar-refractivity contribution >= 4 is 44.4 Å². The van der Waals surface area contributed by atoms with Crippen LogP contribution in [0, 0.1) is 0 Å². The van der Waals surface area contributed by atoms with Crippen molar-refractivity contribution in [2.45, 2.75) is 18.8 Å². The number of fused-ring (bicyclic) bond motifs is 6. The third kappa shape index (κ3) is 3.15. The predicted molar refractivity (Wildman–Crippen MR) is 147 cm³/mol. The summed E-state index contributed by atoms with van der Waals surface area (Å²) in [5.41, 5.74) is 5.73. The van der Waals surface area contributed by atoms with Gasteiger partial charge in [-0.2, -0.15) is 4.57 Å². The van der Waals surface area contributed by atoms with Gasteiger partial charge in [-0.25, -0.2) is 0 Å². The zero-order valence-electron chi connectivity index (χ0n) is 20.5. The molecule has 4 aromatic carbocycles. The van der Waals surface area contributed by atoms with Gasteiger partial charge in [-0.3, -0.25) is 0 Å². The summed E-state index contributed by atoms with van der Waals surface area (Å²) in [6.07, 6.45) is 9.30. The van der Waals surface area contributed by atoms with Crippen LogP contribution in [0.1, 0.15) is 24.8 Å². The van der Waals surface area contributed by atoms with Gasteiger partial charge in [0.25, 0.3) is 5.52 Å². The van der Waals surface area contributed by atoms with E-state index in [-0.39, 0.29) is 5.41 Å². The Kier molecular flexibility index (Phi) is 4.89. The third-order valence-electron chi connectivity index (χ3n) is 7.55. The standard InChI is InChI=1S/C32H29N2O/c1-5-21-32(2)28(33(3)26-19-17-22-11-6-8-13-24(22)30(26)32)15-10-16-29-34(4)27-20-18-23-12-7-9-14-25(23)31(27)35-29/h5-20H,1,21H2,2-4H3/q+1. The Morgan fingerprint density at radius 1 is 0.943 bits per heavy atom. The molecule has 0 amide bonds. The predicted octanol–water partition coefficient (Wildman–Crippen LogP) is 7.44. The van der Waals surface area contributed by atoms with Crippen LogP contribution in [0.4, 0.5) is 5.69 Å². The van der Waals surface area contributed by atoms with E-state index in [0.29, 0.717) is 0 Å². The maximum absolute atomic E-state index is 6.34. The number of hydrogen-bond acceptors (Lipinski definition) is 2. The lowest BCUT2D eigenvalue weighted by Gasteiger charge is -2.28. The van der Waals surface area contributed by atoms with Crippen molar-refractivity contribution in [1.82, 2.24) is 0 Å². The fourth-order valence-electron chi connectivity index (χ4n) is 5.80. The Bertz CT molecular complexity index is 1690. The molecule has 0 N–H and O–H groups in total. The van der Waals surface area contributed by atoms with Crippen LogP contribution in [0.2, 0.25) is 0 Å². The van der Waals surface area contributed by atoms with Crippen LogP contribution in [-0.2, 0) is 12.5 Å². The van der Waals surface area contributed by atoms with E-state index in [4.69, 9.17) is 4.42 Å². The summed E-state index contributed by atoms with van der Waals surface area (Å²) in [6, 6.07) is 25.8. The van der Waals surface area contributed by atoms with Crippen molar-refractivity contribution in [3.8, 4) is 0 Å². The maximum Gasteiger partial charge on any atom is 0.373 e. The topological polar surface area (TPSA) is 20.3 Å². The number of anilines is 1. The molecule has 35 heavy (non-hydrogen) atoms. The van der Waals surface area contributed by atoms with Gasteiger partial charge in [0.05, 0.1) is 6.08 Å². The SMILES string of the molecule is C=CCC1(C)/C(=C\C=C\c2oc3c4ccccc4ccc3[n+]2C)N(C)c2ccc3ccccc3c21. The Labute approximate surface area is 205 Å². The van der Waals surface area contributed by atoms with E-state index in [2.05, 4.69) is 128 Å². The first-order valence-corrected chi connectivity index (χ1v) is 12.1. The highest BCUT2D eigenvalue weighted by atomic mass is 16.4. The number of likely N-dealkylation sites (N-methyl/N-ethyl adjacent to an activating group) is 1. The minimum Gasteiger partial charge on any atom is -0.397 e. The van der Waals surface area contributed by atoms with Crippen molar-refractivity contribution in [2.75, 3.05) is 11.9 Å². The van der Waals surface area contributed by atoms with Crippen LogP contribution >= 0.6 is 0 Å². The molecular weight excluding hydrogens is 428 g/mol. The summed E-state index contributed by atoms with van der Waals surface area (Å²) < 4.78 is 8.45. The van der Waals surface area contributed by atoms with Crippen LogP contribution in [0.25, 0.3) is 38.7 Å². The summed E-state index contributed by atoms with van der Waals surface area (Å²) >= 11 is 0. The number of allylic oxidation sites excluding steroid dienone is 4. The second kappa shape index (κ2) is 7.99. The van der Waals surface area contributed by atoms with Gasteiger partial charge < -0.3 is 9.32 Å². The number of oxazole rings is 1. The second-order valence-corrected chi connectivity index (χ2v) is 9.61. The molecule has 3 heteroatoms. The summed E-state index contributed by atoms with van der Waals surface area (Å²) in [6.45, 7) is 6.42. The minimum atomic E-state index is -0.163. The Morgan fingerprint density at radius 3 is 2.40 bits per heavy atom. The molecule has 1 atom stereocenters. The second-order valence-electron chi connectivity index (χ2n) is 9.61. The number of rotatable bonds is 4. The number of hydrogen-bond donors (Lipinski definition) is 0. The zero-order chi connectivity index (χ0) is 24.2. The lowest BCUT2D eigenvalue weighted by Crippen LogP contribution is -2.29. The first-order valence-electron chi connectivity index (χ1n) is 12.1. The highest BCUT2D eigenvalue weighted by molar-refractivity contribution is 6.02. The van der Waals surface area contributed by atoms with Gasteiger partial charge in [0.1, 0.15) is 7.05 Å². The van der Waals surface area contributed by atoms with E-state index in [9.17, 15) is 0 Å². The average molecular weight is 458 g/mol. The van der Waals surface area contributed by atoms with Crippen LogP contribution in [-0.4, -0.2) is 7.05 Å². The fourth-order valence-corrected chi connectivity index (χ4v) is 5.80. The molecule has 172 valence electrons. The zero-order valence-corrected chi connectivity index (χ0v) is 20.5. The molecule has 0 spiro atoms.